The van der Waals surface area contributed by atoms with Crippen molar-refractivity contribution in [3.8, 4) is 0 Å². The second-order valence-corrected chi connectivity index (χ2v) is 4.37. The molecule has 0 aliphatic carbocycles. The Morgan fingerprint density at radius 2 is 1.86 bits per heavy atom. The van der Waals surface area contributed by atoms with Gasteiger partial charge in [0, 0.05) is 19.3 Å². The largest absolute Gasteiger partial charge is 0.419 e. The van der Waals surface area contributed by atoms with E-state index < -0.39 is 28.9 Å². The summed E-state index contributed by atoms with van der Waals surface area (Å²) >= 11 is 0. The maximum atomic E-state index is 13.0. The number of nitrogens with one attached hydrogen (secondary N) is 3. The summed E-state index contributed by atoms with van der Waals surface area (Å²) in [7, 11) is 1.41. The van der Waals surface area contributed by atoms with Gasteiger partial charge in [0.05, 0.1) is 22.5 Å². The molecular weight excluding hydrogens is 299 g/mol. The zero-order valence-corrected chi connectivity index (χ0v) is 11.4. The average molecular weight is 311 g/mol. The molecule has 0 bridgehead atoms. The van der Waals surface area contributed by atoms with Crippen LogP contribution in [-0.4, -0.2) is 17.9 Å². The van der Waals surface area contributed by atoms with E-state index in [9.17, 15) is 22.8 Å². The number of para-hydroxylation sites is 1. The Labute approximate surface area is 123 Å². The Kier molecular flexibility index (Phi) is 4.20. The molecule has 2 aromatic rings. The van der Waals surface area contributed by atoms with Crippen LogP contribution in [0.5, 0.6) is 0 Å². The van der Waals surface area contributed by atoms with E-state index in [0.717, 1.165) is 6.07 Å². The molecule has 1 aromatic heterocycles. The highest BCUT2D eigenvalue weighted by Crippen LogP contribution is 2.35. The van der Waals surface area contributed by atoms with Gasteiger partial charge in [0.25, 0.3) is 5.91 Å². The summed E-state index contributed by atoms with van der Waals surface area (Å²) in [6.07, 6.45) is -4.05. The van der Waals surface area contributed by atoms with Gasteiger partial charge in [-0.15, -0.1) is 0 Å². The highest BCUT2D eigenvalue weighted by molar-refractivity contribution is 6.00. The smallest absolute Gasteiger partial charge is 0.355 e. The van der Waals surface area contributed by atoms with Crippen LogP contribution in [0.4, 0.5) is 24.5 Å². The number of benzene rings is 1. The van der Waals surface area contributed by atoms with Gasteiger partial charge in [0.2, 0.25) is 5.56 Å². The summed E-state index contributed by atoms with van der Waals surface area (Å²) in [5, 5.41) is 4.90. The van der Waals surface area contributed by atoms with Crippen molar-refractivity contribution < 1.29 is 18.0 Å². The minimum absolute atomic E-state index is 0.165. The number of carbonyl (C=O) groups is 1. The molecule has 1 amide bonds. The number of alkyl halides is 3. The van der Waals surface area contributed by atoms with E-state index in [1.54, 1.807) is 12.1 Å². The first-order chi connectivity index (χ1) is 10.3. The van der Waals surface area contributed by atoms with Crippen molar-refractivity contribution in [3.63, 3.8) is 0 Å². The molecule has 2 rings (SSSR count). The molecule has 3 N–H and O–H groups in total. The zero-order chi connectivity index (χ0) is 16.3. The fourth-order valence-corrected chi connectivity index (χ4v) is 1.88. The fraction of sp³-hybridized carbons (Fsp3) is 0.143. The fourth-order valence-electron chi connectivity index (χ4n) is 1.88. The van der Waals surface area contributed by atoms with E-state index in [4.69, 9.17) is 0 Å². The van der Waals surface area contributed by atoms with Gasteiger partial charge in [-0.3, -0.25) is 9.59 Å². The van der Waals surface area contributed by atoms with Crippen molar-refractivity contribution in [2.24, 2.45) is 0 Å². The maximum absolute atomic E-state index is 13.0. The van der Waals surface area contributed by atoms with Gasteiger partial charge < -0.3 is 15.6 Å². The number of halogens is 3. The number of anilines is 2. The molecule has 8 heteroatoms. The number of rotatable bonds is 3. The quantitative estimate of drug-likeness (QED) is 0.815. The second-order valence-electron chi connectivity index (χ2n) is 4.37. The van der Waals surface area contributed by atoms with E-state index in [1.165, 1.54) is 19.2 Å². The number of carbonyl (C=O) groups excluding carboxylic acids is 1. The third-order valence-corrected chi connectivity index (χ3v) is 2.90. The first-order valence-corrected chi connectivity index (χ1v) is 6.21. The Morgan fingerprint density at radius 1 is 1.18 bits per heavy atom. The molecule has 0 unspecified atom stereocenters. The highest BCUT2D eigenvalue weighted by Gasteiger charge is 2.34. The van der Waals surface area contributed by atoms with E-state index in [1.807, 2.05) is 4.98 Å². The highest BCUT2D eigenvalue weighted by atomic mass is 19.4. The minimum atomic E-state index is -4.64. The molecule has 0 fully saturated rings. The topological polar surface area (TPSA) is 74.0 Å². The van der Waals surface area contributed by atoms with Crippen LogP contribution in [0.25, 0.3) is 0 Å². The number of pyridine rings is 1. The van der Waals surface area contributed by atoms with Crippen LogP contribution in [0, 0.1) is 0 Å². The molecule has 0 saturated heterocycles. The minimum Gasteiger partial charge on any atom is -0.355 e. The summed E-state index contributed by atoms with van der Waals surface area (Å²) in [5.74, 6) is -0.457. The van der Waals surface area contributed by atoms with E-state index in [2.05, 4.69) is 10.6 Å². The van der Waals surface area contributed by atoms with Crippen molar-refractivity contribution in [2.45, 2.75) is 6.18 Å². The molecule has 1 aromatic carbocycles. The number of aromatic nitrogens is 1. The summed E-state index contributed by atoms with van der Waals surface area (Å²) in [5.41, 5.74) is -1.81. The lowest BCUT2D eigenvalue weighted by molar-refractivity contribution is -0.137. The number of aromatic amines is 1. The first kappa shape index (κ1) is 15.6. The Hall–Kier alpha value is -2.77. The molecule has 0 aliphatic heterocycles. The molecular formula is C14H12F3N3O2. The van der Waals surface area contributed by atoms with Crippen LogP contribution in [0.3, 0.4) is 0 Å². The predicted octanol–water partition coefficient (Wildman–Crippen LogP) is 2.50. The van der Waals surface area contributed by atoms with Crippen LogP contribution < -0.4 is 16.2 Å². The standard InChI is InChI=1S/C14H12F3N3O2/c1-18-13(22)8-4-2-3-5-10(8)20-11-6-12(21)19-7-9(11)14(15,16)17/h2-7H,1H3,(H,18,22)(H2,19,20,21). The third kappa shape index (κ3) is 3.27. The summed E-state index contributed by atoms with van der Waals surface area (Å²) in [6.45, 7) is 0. The first-order valence-electron chi connectivity index (χ1n) is 6.21. The van der Waals surface area contributed by atoms with Crippen molar-refractivity contribution in [3.05, 3.63) is 58.0 Å². The SMILES string of the molecule is CNC(=O)c1ccccc1Nc1cc(=O)[nH]cc1C(F)(F)F. The Balaban J connectivity index is 2.50. The molecule has 5 nitrogen and oxygen atoms in total. The van der Waals surface area contributed by atoms with Gasteiger partial charge in [-0.2, -0.15) is 13.2 Å². The van der Waals surface area contributed by atoms with E-state index in [-0.39, 0.29) is 11.3 Å². The van der Waals surface area contributed by atoms with Crippen LogP contribution in [0.15, 0.2) is 41.3 Å². The van der Waals surface area contributed by atoms with Gasteiger partial charge >= 0.3 is 6.18 Å². The van der Waals surface area contributed by atoms with Crippen molar-refractivity contribution in [2.75, 3.05) is 12.4 Å². The van der Waals surface area contributed by atoms with Crippen LogP contribution in [0.1, 0.15) is 15.9 Å². The zero-order valence-electron chi connectivity index (χ0n) is 11.4. The molecule has 22 heavy (non-hydrogen) atoms. The maximum Gasteiger partial charge on any atom is 0.419 e. The van der Waals surface area contributed by atoms with Gasteiger partial charge in [-0.1, -0.05) is 12.1 Å². The average Bonchev–Trinajstić information content (AvgIpc) is 2.46. The monoisotopic (exact) mass is 311 g/mol. The van der Waals surface area contributed by atoms with Crippen molar-refractivity contribution in [1.29, 1.82) is 0 Å². The molecule has 0 radical (unpaired) electrons. The molecule has 1 heterocycles. The second kappa shape index (κ2) is 5.92. The van der Waals surface area contributed by atoms with E-state index in [0.29, 0.717) is 6.20 Å². The van der Waals surface area contributed by atoms with Crippen LogP contribution in [0.2, 0.25) is 0 Å². The van der Waals surface area contributed by atoms with Crippen LogP contribution in [-0.2, 0) is 6.18 Å². The number of H-pyrrole nitrogens is 1. The Bertz CT molecular complexity index is 753. The van der Waals surface area contributed by atoms with Gasteiger partial charge in [-0.25, -0.2) is 0 Å². The van der Waals surface area contributed by atoms with Crippen LogP contribution >= 0.6 is 0 Å². The lowest BCUT2D eigenvalue weighted by Gasteiger charge is -2.15. The number of hydrogen-bond donors (Lipinski definition) is 3. The predicted molar refractivity (Wildman–Crippen MR) is 75.2 cm³/mol. The Morgan fingerprint density at radius 3 is 2.50 bits per heavy atom. The third-order valence-electron chi connectivity index (χ3n) is 2.90. The summed E-state index contributed by atoms with van der Waals surface area (Å²) < 4.78 is 38.9. The molecule has 116 valence electrons. The molecule has 0 saturated carbocycles. The van der Waals surface area contributed by atoms with Gasteiger partial charge in [0.15, 0.2) is 0 Å². The summed E-state index contributed by atoms with van der Waals surface area (Å²) in [4.78, 5) is 25.0. The van der Waals surface area contributed by atoms with E-state index >= 15 is 0 Å². The molecule has 0 aliphatic rings. The van der Waals surface area contributed by atoms with Gasteiger partial charge in [0.1, 0.15) is 0 Å². The van der Waals surface area contributed by atoms with Crippen molar-refractivity contribution in [1.82, 2.24) is 10.3 Å². The number of amides is 1. The summed E-state index contributed by atoms with van der Waals surface area (Å²) in [6, 6.07) is 6.85. The lowest BCUT2D eigenvalue weighted by Crippen LogP contribution is -2.20. The molecule has 0 spiro atoms. The van der Waals surface area contributed by atoms with Gasteiger partial charge in [-0.05, 0) is 12.1 Å². The molecule has 0 atom stereocenters. The lowest BCUT2D eigenvalue weighted by atomic mass is 10.1. The number of hydrogen-bond acceptors (Lipinski definition) is 3. The van der Waals surface area contributed by atoms with Crippen molar-refractivity contribution >= 4 is 17.3 Å². The normalized spacial score (nSPS) is 11.1.